The molecular formula is C15H20FNO3S. The second-order valence-electron chi connectivity index (χ2n) is 4.89. The van der Waals surface area contributed by atoms with Crippen LogP contribution in [0.15, 0.2) is 18.2 Å². The lowest BCUT2D eigenvalue weighted by Gasteiger charge is -2.11. The molecule has 0 aromatic heterocycles. The Hall–Kier alpha value is -1.27. The van der Waals surface area contributed by atoms with E-state index in [-0.39, 0.29) is 17.8 Å². The summed E-state index contributed by atoms with van der Waals surface area (Å²) in [5, 5.41) is 2.86. The van der Waals surface area contributed by atoms with Crippen LogP contribution in [0, 0.1) is 5.82 Å². The van der Waals surface area contributed by atoms with Crippen LogP contribution in [0.3, 0.4) is 0 Å². The second-order valence-corrected chi connectivity index (χ2v) is 5.87. The zero-order valence-electron chi connectivity index (χ0n) is 12.1. The van der Waals surface area contributed by atoms with Crippen molar-refractivity contribution in [1.82, 2.24) is 5.32 Å². The van der Waals surface area contributed by atoms with Crippen LogP contribution < -0.4 is 10.1 Å². The minimum Gasteiger partial charge on any atom is -0.496 e. The molecule has 1 atom stereocenters. The van der Waals surface area contributed by atoms with Crippen molar-refractivity contribution >= 4 is 17.7 Å². The van der Waals surface area contributed by atoms with Gasteiger partial charge in [-0.2, -0.15) is 0 Å². The summed E-state index contributed by atoms with van der Waals surface area (Å²) in [6.07, 6.45) is 2.23. The SMILES string of the molecule is COc1ccc(F)cc1CSCC(=O)NC[C@H]1CCCO1. The Balaban J connectivity index is 1.70. The Morgan fingerprint density at radius 3 is 3.14 bits per heavy atom. The maximum Gasteiger partial charge on any atom is 0.230 e. The summed E-state index contributed by atoms with van der Waals surface area (Å²) in [6.45, 7) is 1.36. The van der Waals surface area contributed by atoms with E-state index in [1.165, 1.54) is 23.9 Å². The van der Waals surface area contributed by atoms with Crippen LogP contribution >= 0.6 is 11.8 Å². The zero-order valence-corrected chi connectivity index (χ0v) is 12.9. The lowest BCUT2D eigenvalue weighted by Crippen LogP contribution is -2.32. The van der Waals surface area contributed by atoms with E-state index in [0.29, 0.717) is 23.8 Å². The first-order valence-corrected chi connectivity index (χ1v) is 8.13. The molecule has 0 bridgehead atoms. The molecule has 1 N–H and O–H groups in total. The van der Waals surface area contributed by atoms with E-state index in [1.807, 2.05) is 0 Å². The van der Waals surface area contributed by atoms with Crippen LogP contribution in [-0.4, -0.2) is 38.0 Å². The smallest absolute Gasteiger partial charge is 0.230 e. The fourth-order valence-electron chi connectivity index (χ4n) is 2.20. The molecule has 1 aromatic rings. The number of methoxy groups -OCH3 is 1. The molecule has 116 valence electrons. The Morgan fingerprint density at radius 2 is 2.43 bits per heavy atom. The third kappa shape index (κ3) is 5.21. The van der Waals surface area contributed by atoms with Gasteiger partial charge in [-0.3, -0.25) is 4.79 Å². The number of benzene rings is 1. The molecule has 21 heavy (non-hydrogen) atoms. The van der Waals surface area contributed by atoms with Gasteiger partial charge in [0.25, 0.3) is 0 Å². The lowest BCUT2D eigenvalue weighted by atomic mass is 10.2. The van der Waals surface area contributed by atoms with Gasteiger partial charge in [-0.25, -0.2) is 4.39 Å². The number of rotatable bonds is 7. The summed E-state index contributed by atoms with van der Waals surface area (Å²) in [6, 6.07) is 4.40. The van der Waals surface area contributed by atoms with Gasteiger partial charge in [-0.1, -0.05) is 0 Å². The predicted octanol–water partition coefficient (Wildman–Crippen LogP) is 2.36. The molecule has 4 nitrogen and oxygen atoms in total. The van der Waals surface area contributed by atoms with E-state index in [2.05, 4.69) is 5.32 Å². The predicted molar refractivity (Wildman–Crippen MR) is 81.1 cm³/mol. The third-order valence-electron chi connectivity index (χ3n) is 3.28. The fourth-order valence-corrected chi connectivity index (χ4v) is 3.03. The topological polar surface area (TPSA) is 47.6 Å². The van der Waals surface area contributed by atoms with Gasteiger partial charge in [0.1, 0.15) is 11.6 Å². The van der Waals surface area contributed by atoms with E-state index >= 15 is 0 Å². The van der Waals surface area contributed by atoms with Gasteiger partial charge >= 0.3 is 0 Å². The first-order valence-electron chi connectivity index (χ1n) is 6.97. The monoisotopic (exact) mass is 313 g/mol. The van der Waals surface area contributed by atoms with Crippen molar-refractivity contribution in [3.63, 3.8) is 0 Å². The highest BCUT2D eigenvalue weighted by molar-refractivity contribution is 7.99. The number of hydrogen-bond acceptors (Lipinski definition) is 4. The summed E-state index contributed by atoms with van der Waals surface area (Å²) in [4.78, 5) is 11.7. The van der Waals surface area contributed by atoms with Crippen molar-refractivity contribution in [1.29, 1.82) is 0 Å². The average Bonchev–Trinajstić information content (AvgIpc) is 2.99. The standard InChI is InChI=1S/C15H20FNO3S/c1-19-14-5-4-12(16)7-11(14)9-21-10-15(18)17-8-13-3-2-6-20-13/h4-5,7,13H,2-3,6,8-10H2,1H3,(H,17,18)/t13-/m1/s1. The molecule has 1 saturated heterocycles. The number of carbonyl (C=O) groups excluding carboxylic acids is 1. The van der Waals surface area contributed by atoms with Gasteiger partial charge < -0.3 is 14.8 Å². The third-order valence-corrected chi connectivity index (χ3v) is 4.27. The van der Waals surface area contributed by atoms with Crippen molar-refractivity contribution in [3.05, 3.63) is 29.6 Å². The molecule has 0 aliphatic carbocycles. The number of amides is 1. The largest absolute Gasteiger partial charge is 0.496 e. The van der Waals surface area contributed by atoms with Crippen LogP contribution in [0.2, 0.25) is 0 Å². The Morgan fingerprint density at radius 1 is 1.57 bits per heavy atom. The quantitative estimate of drug-likeness (QED) is 0.839. The van der Waals surface area contributed by atoms with Gasteiger partial charge in [0.15, 0.2) is 0 Å². The van der Waals surface area contributed by atoms with Gasteiger partial charge in [0.05, 0.1) is 19.0 Å². The fraction of sp³-hybridized carbons (Fsp3) is 0.533. The molecule has 0 saturated carbocycles. The molecule has 1 aliphatic rings. The van der Waals surface area contributed by atoms with Crippen LogP contribution in [-0.2, 0) is 15.3 Å². The summed E-state index contributed by atoms with van der Waals surface area (Å²) in [5.41, 5.74) is 0.759. The maximum absolute atomic E-state index is 13.2. The summed E-state index contributed by atoms with van der Waals surface area (Å²) >= 11 is 1.44. The molecule has 0 radical (unpaired) electrons. The number of hydrogen-bond donors (Lipinski definition) is 1. The highest BCUT2D eigenvalue weighted by atomic mass is 32.2. The van der Waals surface area contributed by atoms with E-state index in [1.54, 1.807) is 13.2 Å². The highest BCUT2D eigenvalue weighted by Gasteiger charge is 2.16. The molecule has 0 unspecified atom stereocenters. The Labute approximate surface area is 128 Å². The summed E-state index contributed by atoms with van der Waals surface area (Å²) < 4.78 is 23.8. The number of thioether (sulfide) groups is 1. The molecule has 1 aliphatic heterocycles. The first kappa shape index (κ1) is 16.1. The normalized spacial score (nSPS) is 17.7. The Kier molecular flexibility index (Phi) is 6.32. The van der Waals surface area contributed by atoms with Crippen molar-refractivity contribution in [3.8, 4) is 5.75 Å². The lowest BCUT2D eigenvalue weighted by molar-refractivity contribution is -0.119. The highest BCUT2D eigenvalue weighted by Crippen LogP contribution is 2.24. The molecule has 1 fully saturated rings. The van der Waals surface area contributed by atoms with Crippen molar-refractivity contribution in [2.45, 2.75) is 24.7 Å². The molecular weight excluding hydrogens is 293 g/mol. The Bertz CT molecular complexity index is 478. The second kappa shape index (κ2) is 8.24. The van der Waals surface area contributed by atoms with Gasteiger partial charge in [0, 0.05) is 24.5 Å². The van der Waals surface area contributed by atoms with Crippen molar-refractivity contribution in [2.75, 3.05) is 26.0 Å². The summed E-state index contributed by atoms with van der Waals surface area (Å²) in [5.74, 6) is 1.20. The first-order chi connectivity index (χ1) is 10.2. The van der Waals surface area contributed by atoms with Gasteiger partial charge in [-0.05, 0) is 31.0 Å². The molecule has 1 heterocycles. The minimum absolute atomic E-state index is 0.0223. The number of nitrogens with one attached hydrogen (secondary N) is 1. The summed E-state index contributed by atoms with van der Waals surface area (Å²) in [7, 11) is 1.55. The van der Waals surface area contributed by atoms with Crippen LogP contribution in [0.25, 0.3) is 0 Å². The van der Waals surface area contributed by atoms with E-state index < -0.39 is 0 Å². The minimum atomic E-state index is -0.297. The van der Waals surface area contributed by atoms with E-state index in [4.69, 9.17) is 9.47 Å². The van der Waals surface area contributed by atoms with Crippen LogP contribution in [0.1, 0.15) is 18.4 Å². The van der Waals surface area contributed by atoms with Gasteiger partial charge in [0.2, 0.25) is 5.91 Å². The molecule has 0 spiro atoms. The van der Waals surface area contributed by atoms with Crippen LogP contribution in [0.4, 0.5) is 4.39 Å². The zero-order chi connectivity index (χ0) is 15.1. The maximum atomic E-state index is 13.2. The van der Waals surface area contributed by atoms with E-state index in [0.717, 1.165) is 25.0 Å². The number of carbonyl (C=O) groups is 1. The van der Waals surface area contributed by atoms with Crippen LogP contribution in [0.5, 0.6) is 5.75 Å². The van der Waals surface area contributed by atoms with Crippen molar-refractivity contribution < 1.29 is 18.7 Å². The van der Waals surface area contributed by atoms with Crippen molar-refractivity contribution in [2.24, 2.45) is 0 Å². The van der Waals surface area contributed by atoms with E-state index in [9.17, 15) is 9.18 Å². The average molecular weight is 313 g/mol. The molecule has 1 amide bonds. The molecule has 1 aromatic carbocycles. The molecule has 6 heteroatoms. The van der Waals surface area contributed by atoms with Gasteiger partial charge in [-0.15, -0.1) is 11.8 Å². The number of ether oxygens (including phenoxy) is 2. The number of halogens is 1. The molecule has 2 rings (SSSR count).